The highest BCUT2D eigenvalue weighted by Gasteiger charge is 2.41. The van der Waals surface area contributed by atoms with Gasteiger partial charge in [-0.25, -0.2) is 4.98 Å². The minimum Gasteiger partial charge on any atom is -0.495 e. The molecular formula is C21H27N5O3. The largest absolute Gasteiger partial charge is 0.495 e. The van der Waals surface area contributed by atoms with Gasteiger partial charge in [0.1, 0.15) is 17.6 Å². The number of nitrogens with zero attached hydrogens (tertiary/aromatic N) is 4. The van der Waals surface area contributed by atoms with Gasteiger partial charge in [-0.15, -0.1) is 0 Å². The fourth-order valence-electron chi connectivity index (χ4n) is 4.25. The van der Waals surface area contributed by atoms with Crippen molar-refractivity contribution in [1.82, 2.24) is 19.8 Å². The summed E-state index contributed by atoms with van der Waals surface area (Å²) >= 11 is 0. The van der Waals surface area contributed by atoms with Crippen LogP contribution in [-0.4, -0.2) is 59.6 Å². The molecule has 2 atom stereocenters. The van der Waals surface area contributed by atoms with Gasteiger partial charge >= 0.3 is 0 Å². The number of piperazine rings is 1. The average molecular weight is 397 g/mol. The van der Waals surface area contributed by atoms with Crippen LogP contribution in [-0.2, 0) is 16.6 Å². The monoisotopic (exact) mass is 397 g/mol. The molecule has 4 rings (SSSR count). The summed E-state index contributed by atoms with van der Waals surface area (Å²) in [6.45, 7) is 4.35. The Morgan fingerprint density at radius 3 is 2.90 bits per heavy atom. The number of rotatable bonds is 4. The Labute approximate surface area is 170 Å². The molecule has 2 amide bonds. The van der Waals surface area contributed by atoms with Gasteiger partial charge in [0.05, 0.1) is 18.7 Å². The second-order valence-corrected chi connectivity index (χ2v) is 7.73. The molecule has 1 aromatic heterocycles. The lowest BCUT2D eigenvalue weighted by molar-refractivity contribution is -0.139. The van der Waals surface area contributed by atoms with Crippen LogP contribution in [0.25, 0.3) is 0 Å². The Morgan fingerprint density at radius 2 is 2.17 bits per heavy atom. The summed E-state index contributed by atoms with van der Waals surface area (Å²) in [5, 5.41) is 3.35. The summed E-state index contributed by atoms with van der Waals surface area (Å²) in [7, 11) is 3.53. The molecule has 0 spiro atoms. The van der Waals surface area contributed by atoms with Gasteiger partial charge in [-0.2, -0.15) is 0 Å². The lowest BCUT2D eigenvalue weighted by Crippen LogP contribution is -2.51. The maximum absolute atomic E-state index is 13.4. The molecule has 3 heterocycles. The molecule has 0 radical (unpaired) electrons. The highest BCUT2D eigenvalue weighted by atomic mass is 16.5. The van der Waals surface area contributed by atoms with Crippen molar-refractivity contribution in [3.05, 3.63) is 42.0 Å². The molecular weight excluding hydrogens is 370 g/mol. The topological polar surface area (TPSA) is 79.7 Å². The Morgan fingerprint density at radius 1 is 1.34 bits per heavy atom. The number of nitrogens with one attached hydrogen (secondary N) is 1. The fourth-order valence-corrected chi connectivity index (χ4v) is 4.25. The van der Waals surface area contributed by atoms with Crippen LogP contribution in [0.1, 0.15) is 23.9 Å². The summed E-state index contributed by atoms with van der Waals surface area (Å²) < 4.78 is 7.39. The second-order valence-electron chi connectivity index (χ2n) is 7.73. The minimum absolute atomic E-state index is 0.0157. The number of carbonyl (C=O) groups is 2. The van der Waals surface area contributed by atoms with E-state index in [1.165, 1.54) is 0 Å². The maximum atomic E-state index is 13.4. The number of ether oxygens (including phenoxy) is 1. The van der Waals surface area contributed by atoms with E-state index in [1.807, 2.05) is 47.8 Å². The first-order chi connectivity index (χ1) is 14.0. The van der Waals surface area contributed by atoms with Crippen LogP contribution in [0, 0.1) is 12.8 Å². The number of amides is 2. The smallest absolute Gasteiger partial charge is 0.228 e. The van der Waals surface area contributed by atoms with E-state index in [1.54, 1.807) is 18.2 Å². The summed E-state index contributed by atoms with van der Waals surface area (Å²) in [4.78, 5) is 34.2. The number of carbonyl (C=O) groups excluding carboxylic acids is 2. The number of aryl methyl sites for hydroxylation is 2. The summed E-state index contributed by atoms with van der Waals surface area (Å²) in [6.07, 6.45) is 3.85. The van der Waals surface area contributed by atoms with Crippen LogP contribution in [0.5, 0.6) is 5.75 Å². The Kier molecular flexibility index (Phi) is 5.27. The van der Waals surface area contributed by atoms with Crippen molar-refractivity contribution < 1.29 is 14.3 Å². The first-order valence-electron chi connectivity index (χ1n) is 9.93. The molecule has 2 aliphatic heterocycles. The van der Waals surface area contributed by atoms with E-state index >= 15 is 0 Å². The van der Waals surface area contributed by atoms with Crippen molar-refractivity contribution in [2.24, 2.45) is 13.0 Å². The van der Waals surface area contributed by atoms with Gasteiger partial charge in [-0.3, -0.25) is 9.59 Å². The standard InChI is InChI=1S/C21H27N5O3/c1-14-4-5-18(29-3)16(10-14)26-13-15(11-19(26)27)21(28)25-9-6-22-12-17(25)20-23-7-8-24(20)2/h4-5,7-8,10,15,17,22H,6,9,11-13H2,1-3H3. The van der Waals surface area contributed by atoms with Gasteiger partial charge in [0, 0.05) is 52.0 Å². The Hall–Kier alpha value is -2.87. The molecule has 0 bridgehead atoms. The zero-order chi connectivity index (χ0) is 20.5. The van der Waals surface area contributed by atoms with E-state index in [4.69, 9.17) is 4.74 Å². The fraction of sp³-hybridized carbons (Fsp3) is 0.476. The second kappa shape index (κ2) is 7.87. The minimum atomic E-state index is -0.367. The van der Waals surface area contributed by atoms with Crippen LogP contribution < -0.4 is 15.0 Å². The lowest BCUT2D eigenvalue weighted by Gasteiger charge is -2.37. The molecule has 154 valence electrons. The van der Waals surface area contributed by atoms with Crippen molar-refractivity contribution >= 4 is 17.5 Å². The molecule has 0 saturated carbocycles. The Bertz CT molecular complexity index is 925. The number of imidazole rings is 1. The summed E-state index contributed by atoms with van der Waals surface area (Å²) in [5.74, 6) is 1.10. The third-order valence-corrected chi connectivity index (χ3v) is 5.78. The van der Waals surface area contributed by atoms with E-state index in [0.29, 0.717) is 25.4 Å². The Balaban J connectivity index is 1.56. The number of aromatic nitrogens is 2. The molecule has 0 aliphatic carbocycles. The van der Waals surface area contributed by atoms with E-state index in [2.05, 4.69) is 10.3 Å². The van der Waals surface area contributed by atoms with Crippen LogP contribution >= 0.6 is 0 Å². The van der Waals surface area contributed by atoms with Crippen molar-refractivity contribution in [2.75, 3.05) is 38.2 Å². The molecule has 29 heavy (non-hydrogen) atoms. The molecule has 2 unspecified atom stereocenters. The van der Waals surface area contributed by atoms with E-state index in [-0.39, 0.29) is 30.2 Å². The normalized spacial score (nSPS) is 22.2. The van der Waals surface area contributed by atoms with Gasteiger partial charge in [-0.05, 0) is 24.6 Å². The van der Waals surface area contributed by atoms with Crippen LogP contribution in [0.15, 0.2) is 30.6 Å². The van der Waals surface area contributed by atoms with E-state index in [9.17, 15) is 9.59 Å². The highest BCUT2D eigenvalue weighted by molar-refractivity contribution is 6.01. The van der Waals surface area contributed by atoms with Crippen molar-refractivity contribution in [3.8, 4) is 5.75 Å². The third-order valence-electron chi connectivity index (χ3n) is 5.78. The quantitative estimate of drug-likeness (QED) is 0.840. The molecule has 1 aromatic carbocycles. The zero-order valence-electron chi connectivity index (χ0n) is 17.1. The number of hydrogen-bond donors (Lipinski definition) is 1. The average Bonchev–Trinajstić information content (AvgIpc) is 3.33. The van der Waals surface area contributed by atoms with Crippen LogP contribution in [0.4, 0.5) is 5.69 Å². The molecule has 2 saturated heterocycles. The molecule has 2 aliphatic rings. The SMILES string of the molecule is COc1ccc(C)cc1N1CC(C(=O)N2CCNCC2c2nccn2C)CC1=O. The van der Waals surface area contributed by atoms with E-state index in [0.717, 1.165) is 23.6 Å². The predicted molar refractivity (Wildman–Crippen MR) is 109 cm³/mol. The summed E-state index contributed by atoms with van der Waals surface area (Å²) in [5.41, 5.74) is 1.77. The van der Waals surface area contributed by atoms with Gasteiger partial charge in [0.25, 0.3) is 0 Å². The van der Waals surface area contributed by atoms with Gasteiger partial charge < -0.3 is 24.4 Å². The van der Waals surface area contributed by atoms with Gasteiger partial charge in [0.15, 0.2) is 0 Å². The zero-order valence-corrected chi connectivity index (χ0v) is 17.1. The van der Waals surface area contributed by atoms with E-state index < -0.39 is 0 Å². The first-order valence-corrected chi connectivity index (χ1v) is 9.93. The van der Waals surface area contributed by atoms with Gasteiger partial charge in [0.2, 0.25) is 11.8 Å². The van der Waals surface area contributed by atoms with Gasteiger partial charge in [-0.1, -0.05) is 6.07 Å². The molecule has 1 N–H and O–H groups in total. The van der Waals surface area contributed by atoms with Crippen molar-refractivity contribution in [3.63, 3.8) is 0 Å². The molecule has 8 heteroatoms. The van der Waals surface area contributed by atoms with Crippen molar-refractivity contribution in [2.45, 2.75) is 19.4 Å². The van der Waals surface area contributed by atoms with Crippen LogP contribution in [0.2, 0.25) is 0 Å². The van der Waals surface area contributed by atoms with Crippen LogP contribution in [0.3, 0.4) is 0 Å². The molecule has 2 fully saturated rings. The summed E-state index contributed by atoms with van der Waals surface area (Å²) in [6, 6.07) is 5.61. The number of hydrogen-bond acceptors (Lipinski definition) is 5. The predicted octanol–water partition coefficient (Wildman–Crippen LogP) is 1.26. The maximum Gasteiger partial charge on any atom is 0.228 e. The number of methoxy groups -OCH3 is 1. The molecule has 2 aromatic rings. The highest BCUT2D eigenvalue weighted by Crippen LogP contribution is 2.35. The first kappa shape index (κ1) is 19.4. The lowest BCUT2D eigenvalue weighted by atomic mass is 10.0. The molecule has 8 nitrogen and oxygen atoms in total. The third kappa shape index (κ3) is 3.60. The number of benzene rings is 1. The van der Waals surface area contributed by atoms with Crippen molar-refractivity contribution in [1.29, 1.82) is 0 Å². The number of anilines is 1.